The number of nitrogens with zero attached hydrogens (tertiary/aromatic N) is 1. The molecule has 0 fully saturated rings. The van der Waals surface area contributed by atoms with E-state index in [1.807, 2.05) is 0 Å². The number of halogens is 1. The maximum absolute atomic E-state index is 12.7. The molecule has 0 aromatic heterocycles. The summed E-state index contributed by atoms with van der Waals surface area (Å²) in [6.45, 7) is 1.30. The van der Waals surface area contributed by atoms with Crippen molar-refractivity contribution < 1.29 is 9.13 Å². The first-order valence-electron chi connectivity index (χ1n) is 5.42. The minimum Gasteiger partial charge on any atom is -0.475 e. The number of hydrogen-bond acceptors (Lipinski definition) is 3. The number of benzene rings is 1. The molecule has 0 saturated carbocycles. The summed E-state index contributed by atoms with van der Waals surface area (Å²) in [5.41, 5.74) is 6.46. The van der Waals surface area contributed by atoms with Gasteiger partial charge in [-0.3, -0.25) is 4.99 Å². The van der Waals surface area contributed by atoms with E-state index in [9.17, 15) is 4.39 Å². The lowest BCUT2D eigenvalue weighted by Crippen LogP contribution is -2.18. The largest absolute Gasteiger partial charge is 0.475 e. The molecule has 0 aliphatic carbocycles. The van der Waals surface area contributed by atoms with Crippen LogP contribution in [-0.2, 0) is 11.2 Å². The molecule has 86 valence electrons. The molecule has 0 spiro atoms. The van der Waals surface area contributed by atoms with Gasteiger partial charge in [0.2, 0.25) is 0 Å². The van der Waals surface area contributed by atoms with E-state index in [4.69, 9.17) is 10.5 Å². The number of nitrogens with two attached hydrogens (primary N) is 1. The molecular weight excluding hydrogens is 207 g/mol. The second kappa shape index (κ2) is 5.07. The van der Waals surface area contributed by atoms with Gasteiger partial charge in [-0.15, -0.1) is 0 Å². The molecular formula is C12H15FN2O. The van der Waals surface area contributed by atoms with Crippen LogP contribution in [0.5, 0.6) is 0 Å². The van der Waals surface area contributed by atoms with Gasteiger partial charge < -0.3 is 10.5 Å². The minimum absolute atomic E-state index is 0.125. The third-order valence-electron chi connectivity index (χ3n) is 2.53. The molecule has 1 heterocycles. The van der Waals surface area contributed by atoms with E-state index in [0.29, 0.717) is 19.5 Å². The Kier molecular flexibility index (Phi) is 3.51. The summed E-state index contributed by atoms with van der Waals surface area (Å²) in [6.07, 6.45) is 1.58. The first-order valence-corrected chi connectivity index (χ1v) is 5.42. The van der Waals surface area contributed by atoms with Crippen molar-refractivity contribution in [3.63, 3.8) is 0 Å². The van der Waals surface area contributed by atoms with Crippen molar-refractivity contribution in [3.8, 4) is 0 Å². The van der Waals surface area contributed by atoms with E-state index in [2.05, 4.69) is 4.99 Å². The zero-order chi connectivity index (χ0) is 11.4. The Morgan fingerprint density at radius 2 is 2.12 bits per heavy atom. The summed E-state index contributed by atoms with van der Waals surface area (Å²) in [7, 11) is 0. The van der Waals surface area contributed by atoms with Crippen molar-refractivity contribution in [1.29, 1.82) is 0 Å². The van der Waals surface area contributed by atoms with E-state index in [1.54, 1.807) is 12.1 Å². The van der Waals surface area contributed by atoms with E-state index >= 15 is 0 Å². The molecule has 0 amide bonds. The lowest BCUT2D eigenvalue weighted by molar-refractivity contribution is 0.212. The van der Waals surface area contributed by atoms with Crippen LogP contribution < -0.4 is 5.73 Å². The van der Waals surface area contributed by atoms with Gasteiger partial charge in [-0.05, 0) is 30.7 Å². The van der Waals surface area contributed by atoms with Crippen LogP contribution in [0.3, 0.4) is 0 Å². The second-order valence-electron chi connectivity index (χ2n) is 3.85. The van der Waals surface area contributed by atoms with Gasteiger partial charge in [-0.1, -0.05) is 12.1 Å². The topological polar surface area (TPSA) is 47.6 Å². The van der Waals surface area contributed by atoms with E-state index < -0.39 is 0 Å². The van der Waals surface area contributed by atoms with Crippen molar-refractivity contribution >= 4 is 5.90 Å². The number of hydrogen-bond donors (Lipinski definition) is 1. The molecule has 0 bridgehead atoms. The summed E-state index contributed by atoms with van der Waals surface area (Å²) in [5, 5.41) is 0. The molecule has 1 aliphatic rings. The highest BCUT2D eigenvalue weighted by Crippen LogP contribution is 2.12. The summed E-state index contributed by atoms with van der Waals surface area (Å²) in [4.78, 5) is 4.30. The Balaban J connectivity index is 1.89. The number of aliphatic imine (C=N–C) groups is 1. The predicted octanol–water partition coefficient (Wildman–Crippen LogP) is 1.51. The zero-order valence-electron chi connectivity index (χ0n) is 9.03. The van der Waals surface area contributed by atoms with Gasteiger partial charge in [-0.25, -0.2) is 4.39 Å². The lowest BCUT2D eigenvalue weighted by atomic mass is 10.1. The first kappa shape index (κ1) is 11.1. The van der Waals surface area contributed by atoms with Crippen molar-refractivity contribution in [1.82, 2.24) is 0 Å². The molecule has 1 aromatic carbocycles. The second-order valence-corrected chi connectivity index (χ2v) is 3.85. The molecule has 1 aromatic rings. The summed E-state index contributed by atoms with van der Waals surface area (Å²) >= 11 is 0. The Morgan fingerprint density at radius 3 is 2.81 bits per heavy atom. The standard InChI is InChI=1S/C12H15FN2O/c13-10-3-1-9(2-4-10)7-12-15-8-11(16-12)5-6-14/h1-4,11H,5-8,14H2. The summed E-state index contributed by atoms with van der Waals surface area (Å²) in [5.74, 6) is 0.504. The fourth-order valence-corrected chi connectivity index (χ4v) is 1.68. The lowest BCUT2D eigenvalue weighted by Gasteiger charge is -2.09. The van der Waals surface area contributed by atoms with Crippen LogP contribution in [0.4, 0.5) is 4.39 Å². The Bertz CT molecular complexity index is 375. The molecule has 1 atom stereocenters. The molecule has 1 unspecified atom stereocenters. The highest BCUT2D eigenvalue weighted by atomic mass is 19.1. The molecule has 3 nitrogen and oxygen atoms in total. The van der Waals surface area contributed by atoms with Gasteiger partial charge in [0.15, 0.2) is 5.90 Å². The van der Waals surface area contributed by atoms with E-state index in [0.717, 1.165) is 17.9 Å². The normalized spacial score (nSPS) is 19.4. The average molecular weight is 222 g/mol. The van der Waals surface area contributed by atoms with Gasteiger partial charge in [0, 0.05) is 6.42 Å². The van der Waals surface area contributed by atoms with Crippen molar-refractivity contribution in [2.45, 2.75) is 18.9 Å². The smallest absolute Gasteiger partial charge is 0.188 e. The summed E-state index contributed by atoms with van der Waals surface area (Å²) < 4.78 is 18.3. The summed E-state index contributed by atoms with van der Waals surface area (Å²) in [6, 6.07) is 6.39. The molecule has 1 aliphatic heterocycles. The van der Waals surface area contributed by atoms with Crippen LogP contribution >= 0.6 is 0 Å². The van der Waals surface area contributed by atoms with Crippen LogP contribution in [-0.4, -0.2) is 25.1 Å². The molecule has 2 rings (SSSR count). The van der Waals surface area contributed by atoms with Gasteiger partial charge in [0.1, 0.15) is 11.9 Å². The van der Waals surface area contributed by atoms with Crippen molar-refractivity contribution in [2.24, 2.45) is 10.7 Å². The number of ether oxygens (including phenoxy) is 1. The van der Waals surface area contributed by atoms with Gasteiger partial charge in [-0.2, -0.15) is 0 Å². The Hall–Kier alpha value is -1.42. The van der Waals surface area contributed by atoms with Crippen LogP contribution in [0.15, 0.2) is 29.3 Å². The highest BCUT2D eigenvalue weighted by molar-refractivity contribution is 5.80. The fourth-order valence-electron chi connectivity index (χ4n) is 1.68. The molecule has 0 radical (unpaired) electrons. The third-order valence-corrected chi connectivity index (χ3v) is 2.53. The van der Waals surface area contributed by atoms with Crippen molar-refractivity contribution in [2.75, 3.05) is 13.1 Å². The van der Waals surface area contributed by atoms with Crippen LogP contribution in [0.1, 0.15) is 12.0 Å². The molecule has 16 heavy (non-hydrogen) atoms. The monoisotopic (exact) mass is 222 g/mol. The van der Waals surface area contributed by atoms with E-state index in [-0.39, 0.29) is 11.9 Å². The van der Waals surface area contributed by atoms with Crippen LogP contribution in [0, 0.1) is 5.82 Å². The molecule has 0 saturated heterocycles. The van der Waals surface area contributed by atoms with Gasteiger partial charge in [0.05, 0.1) is 6.54 Å². The van der Waals surface area contributed by atoms with Crippen molar-refractivity contribution in [3.05, 3.63) is 35.6 Å². The number of rotatable bonds is 4. The Morgan fingerprint density at radius 1 is 1.38 bits per heavy atom. The first-order chi connectivity index (χ1) is 7.78. The predicted molar refractivity (Wildman–Crippen MR) is 61.0 cm³/mol. The third kappa shape index (κ3) is 2.79. The maximum atomic E-state index is 12.7. The average Bonchev–Trinajstić information content (AvgIpc) is 2.70. The highest BCUT2D eigenvalue weighted by Gasteiger charge is 2.18. The zero-order valence-corrected chi connectivity index (χ0v) is 9.03. The maximum Gasteiger partial charge on any atom is 0.188 e. The Labute approximate surface area is 94.1 Å². The van der Waals surface area contributed by atoms with E-state index in [1.165, 1.54) is 12.1 Å². The minimum atomic E-state index is -0.223. The fraction of sp³-hybridized carbons (Fsp3) is 0.417. The van der Waals surface area contributed by atoms with Gasteiger partial charge in [0.25, 0.3) is 0 Å². The van der Waals surface area contributed by atoms with Gasteiger partial charge >= 0.3 is 0 Å². The van der Waals surface area contributed by atoms with Crippen LogP contribution in [0.25, 0.3) is 0 Å². The molecule has 2 N–H and O–H groups in total. The van der Waals surface area contributed by atoms with Crippen LogP contribution in [0.2, 0.25) is 0 Å². The SMILES string of the molecule is NCCC1CN=C(Cc2ccc(F)cc2)O1. The molecule has 4 heteroatoms. The quantitative estimate of drug-likeness (QED) is 0.839.